The van der Waals surface area contributed by atoms with Crippen molar-refractivity contribution in [1.82, 2.24) is 25.3 Å². The molecule has 21 heteroatoms. The topological polar surface area (TPSA) is 283 Å². The van der Waals surface area contributed by atoms with Gasteiger partial charge < -0.3 is 60.4 Å². The molecule has 1 aliphatic carbocycles. The summed E-state index contributed by atoms with van der Waals surface area (Å²) in [6.07, 6.45) is -1.47. The molecule has 21 nitrogen and oxygen atoms in total. The number of nitrogens with zero attached hydrogens (tertiary/aromatic N) is 3. The fourth-order valence-corrected chi connectivity index (χ4v) is 14.1. The summed E-state index contributed by atoms with van der Waals surface area (Å²) in [5, 5.41) is 19.2. The van der Waals surface area contributed by atoms with Gasteiger partial charge in [0.1, 0.15) is 19.0 Å². The number of nitrogens with two attached hydrogens (primary N) is 1. The smallest absolute Gasteiger partial charge is 0.410 e. The lowest BCUT2D eigenvalue weighted by atomic mass is 9.83. The van der Waals surface area contributed by atoms with Crippen molar-refractivity contribution in [1.29, 1.82) is 0 Å². The van der Waals surface area contributed by atoms with Gasteiger partial charge in [-0.3, -0.25) is 28.8 Å². The van der Waals surface area contributed by atoms with Crippen LogP contribution in [0.25, 0.3) is 11.1 Å². The molecule has 4 aromatic carbocycles. The molecular formula is C76H107N7O14. The van der Waals surface area contributed by atoms with Crippen molar-refractivity contribution in [3.05, 3.63) is 125 Å². The monoisotopic (exact) mass is 1340 g/mol. The third-order valence-electron chi connectivity index (χ3n) is 19.8. The van der Waals surface area contributed by atoms with Crippen LogP contribution < -0.4 is 21.7 Å². The molecule has 1 fully saturated rings. The summed E-state index contributed by atoms with van der Waals surface area (Å²) in [5.41, 5.74) is 11.2. The van der Waals surface area contributed by atoms with Crippen LogP contribution in [-0.2, 0) is 54.3 Å². The summed E-state index contributed by atoms with van der Waals surface area (Å²) in [6, 6.07) is 28.2. The van der Waals surface area contributed by atoms with E-state index in [4.69, 9.17) is 24.7 Å². The number of fused-ring (bicyclic) bond motifs is 3. The molecule has 530 valence electrons. The molecule has 1 saturated heterocycles. The number of aliphatic hydroxyl groups excluding tert-OH is 1. The van der Waals surface area contributed by atoms with Crippen molar-refractivity contribution in [2.75, 3.05) is 53.3 Å². The maximum absolute atomic E-state index is 14.9. The number of amides is 7. The van der Waals surface area contributed by atoms with Gasteiger partial charge in [-0.2, -0.15) is 0 Å². The molecule has 12 atom stereocenters. The lowest BCUT2D eigenvalue weighted by molar-refractivity contribution is -0.149. The normalized spacial score (nSPS) is 17.1. The third-order valence-corrected chi connectivity index (χ3v) is 19.8. The number of urea groups is 1. The zero-order valence-corrected chi connectivity index (χ0v) is 59.4. The number of methoxy groups -OCH3 is 2. The van der Waals surface area contributed by atoms with Crippen LogP contribution in [0, 0.1) is 47.3 Å². The van der Waals surface area contributed by atoms with E-state index in [-0.39, 0.29) is 123 Å². The molecule has 0 bridgehead atoms. The Balaban J connectivity index is 1.04. The van der Waals surface area contributed by atoms with E-state index >= 15 is 0 Å². The van der Waals surface area contributed by atoms with E-state index in [1.165, 1.54) is 19.1 Å². The number of hydrogen-bond donors (Lipinski definition) is 5. The van der Waals surface area contributed by atoms with Crippen molar-refractivity contribution >= 4 is 59.0 Å². The predicted molar refractivity (Wildman–Crippen MR) is 373 cm³/mol. The van der Waals surface area contributed by atoms with E-state index in [9.17, 15) is 48.3 Å². The molecule has 0 saturated carbocycles. The Bertz CT molecular complexity index is 3240. The van der Waals surface area contributed by atoms with Crippen molar-refractivity contribution < 1.29 is 67.2 Å². The van der Waals surface area contributed by atoms with Crippen LogP contribution in [0.15, 0.2) is 103 Å². The molecule has 1 unspecified atom stereocenters. The number of likely N-dealkylation sites (N-methyl/N-ethyl adjacent to an activating group) is 2. The Morgan fingerprint density at radius 2 is 1.30 bits per heavy atom. The molecule has 0 spiro atoms. The van der Waals surface area contributed by atoms with Crippen LogP contribution in [0.3, 0.4) is 0 Å². The Labute approximate surface area is 574 Å². The average Bonchev–Trinajstić information content (AvgIpc) is 1.62. The number of carbonyl (C=O) groups is 9. The average molecular weight is 1340 g/mol. The fourth-order valence-electron chi connectivity index (χ4n) is 14.1. The number of hydrogen-bond acceptors (Lipinski definition) is 14. The molecule has 6 N–H and O–H groups in total. The number of likely N-dealkylation sites (tertiary alicyclic amines) is 1. The van der Waals surface area contributed by atoms with Gasteiger partial charge in [-0.15, -0.1) is 0 Å². The van der Waals surface area contributed by atoms with E-state index in [0.29, 0.717) is 43.5 Å². The summed E-state index contributed by atoms with van der Waals surface area (Å²) in [4.78, 5) is 129. The highest BCUT2D eigenvalue weighted by Crippen LogP contribution is 2.45. The van der Waals surface area contributed by atoms with Gasteiger partial charge in [-0.25, -0.2) is 14.4 Å². The molecule has 97 heavy (non-hydrogen) atoms. The number of rotatable bonds is 37. The van der Waals surface area contributed by atoms with Crippen LogP contribution in [0.5, 0.6) is 0 Å². The lowest BCUT2D eigenvalue weighted by Gasteiger charge is -2.41. The molecule has 2 aliphatic rings. The Morgan fingerprint density at radius 3 is 1.87 bits per heavy atom. The summed E-state index contributed by atoms with van der Waals surface area (Å²) in [7, 11) is 6.26. The first-order valence-electron chi connectivity index (χ1n) is 34.5. The van der Waals surface area contributed by atoms with Gasteiger partial charge in [0.2, 0.25) is 17.7 Å². The SMILES string of the molecule is CC[C@H](C)[C@@H]([C@@H](CC(=O)N1CCC[C@H]1[C@H](OC)[C@@H](C)C(=O)C[C@H](C)[C@@H](O)c1ccccc1)OC)N(C)C(=O)[C@@H](CC(=O)[C@H](C(C)C)N(C)C(=O)OCc1ccc(NC(=O)C(CCCNC(N)=O)CC(=O)[C@@H](NC(=O)OCC2c3ccccc3-c3ccccc32)C(C)C)cc1)C(C)C. The van der Waals surface area contributed by atoms with Crippen LogP contribution in [0.4, 0.5) is 20.1 Å². The first-order chi connectivity index (χ1) is 46.1. The number of carbonyl (C=O) groups excluding carboxylic acids is 9. The number of nitrogens with one attached hydrogen (secondary N) is 3. The van der Waals surface area contributed by atoms with E-state index in [1.54, 1.807) is 62.1 Å². The summed E-state index contributed by atoms with van der Waals surface area (Å²) in [6.45, 7) is 19.2. The second-order valence-electron chi connectivity index (χ2n) is 27.6. The first-order valence-corrected chi connectivity index (χ1v) is 34.5. The minimum Gasteiger partial charge on any atom is -0.449 e. The van der Waals surface area contributed by atoms with Gasteiger partial charge in [0.15, 0.2) is 11.6 Å². The van der Waals surface area contributed by atoms with Crippen molar-refractivity contribution in [3.63, 3.8) is 0 Å². The van der Waals surface area contributed by atoms with Gasteiger partial charge in [0.05, 0.1) is 48.9 Å². The van der Waals surface area contributed by atoms with Gasteiger partial charge in [-0.05, 0) is 101 Å². The number of benzene rings is 4. The zero-order chi connectivity index (χ0) is 71.4. The van der Waals surface area contributed by atoms with Crippen molar-refractivity contribution in [2.24, 2.45) is 53.1 Å². The lowest BCUT2D eigenvalue weighted by Crippen LogP contribution is -2.54. The highest BCUT2D eigenvalue weighted by molar-refractivity contribution is 5.97. The van der Waals surface area contributed by atoms with Crippen molar-refractivity contribution in [2.45, 2.75) is 182 Å². The van der Waals surface area contributed by atoms with Crippen LogP contribution in [0.2, 0.25) is 0 Å². The standard InChI is InChI=1S/C76H107N7O14/c1-15-48(8)69(65(94-13)42-66(87)83-38-24-32-61(83)71(95-14)50(10)62(84)39-49(9)70(88)52-25-17-16-18-26-52)81(11)73(90)59(45(2)3)41-64(86)68(47(6)7)82(12)76(93)97-43-51-33-35-54(36-34-51)79-72(89)53(27-23-37-78-74(77)91)40-63(85)67(46(4)5)80-75(92)96-44-60-57-30-21-19-28-55(57)56-29-20-22-31-58(56)60/h16-22,25-26,28-31,33-36,45-50,53,59-61,65,67-71,88H,15,23-24,27,32,37-44H2,1-14H3,(H,79,89)(H,80,92)(H3,77,78,91)/t48-,49-,50-,53?,59-,61-,65+,67-,68-,69-,70+,71+/m0/s1. The van der Waals surface area contributed by atoms with E-state index in [1.807, 2.05) is 134 Å². The Hall–Kier alpha value is -8.01. The number of anilines is 1. The third kappa shape index (κ3) is 20.8. The first kappa shape index (κ1) is 78.0. The number of aliphatic hydroxyl groups is 1. The maximum atomic E-state index is 14.9. The summed E-state index contributed by atoms with van der Waals surface area (Å²) >= 11 is 0. The van der Waals surface area contributed by atoms with Gasteiger partial charge >= 0.3 is 18.2 Å². The summed E-state index contributed by atoms with van der Waals surface area (Å²) in [5.74, 6) is -5.65. The number of Topliss-reactive ketones (excluding diaryl/α,β-unsaturated/α-hetero) is 3. The van der Waals surface area contributed by atoms with E-state index < -0.39 is 78.3 Å². The van der Waals surface area contributed by atoms with Crippen LogP contribution >= 0.6 is 0 Å². The molecule has 7 amide bonds. The van der Waals surface area contributed by atoms with E-state index in [2.05, 4.69) is 16.0 Å². The van der Waals surface area contributed by atoms with Gasteiger partial charge in [0.25, 0.3) is 0 Å². The molecule has 1 aliphatic heterocycles. The Kier molecular flexibility index (Phi) is 29.8. The van der Waals surface area contributed by atoms with Crippen LogP contribution in [-0.4, -0.2) is 157 Å². The molecule has 0 aromatic heterocycles. The minimum atomic E-state index is -0.974. The maximum Gasteiger partial charge on any atom is 0.410 e. The number of primary amides is 1. The zero-order valence-electron chi connectivity index (χ0n) is 59.4. The largest absolute Gasteiger partial charge is 0.449 e. The predicted octanol–water partition coefficient (Wildman–Crippen LogP) is 11.3. The second kappa shape index (κ2) is 37.1. The highest BCUT2D eigenvalue weighted by atomic mass is 16.6. The molecule has 6 rings (SSSR count). The second-order valence-corrected chi connectivity index (χ2v) is 27.6. The number of ether oxygens (including phenoxy) is 4. The minimum absolute atomic E-state index is 0.0499. The van der Waals surface area contributed by atoms with Gasteiger partial charge in [-0.1, -0.05) is 167 Å². The van der Waals surface area contributed by atoms with Crippen LogP contribution in [0.1, 0.15) is 161 Å². The highest BCUT2D eigenvalue weighted by Gasteiger charge is 2.44. The molecule has 0 radical (unpaired) electrons. The Morgan fingerprint density at radius 1 is 0.680 bits per heavy atom. The fraction of sp³-hybridized carbons (Fsp3) is 0.566. The summed E-state index contributed by atoms with van der Waals surface area (Å²) < 4.78 is 23.7. The van der Waals surface area contributed by atoms with Crippen molar-refractivity contribution in [3.8, 4) is 11.1 Å². The van der Waals surface area contributed by atoms with E-state index in [0.717, 1.165) is 27.8 Å². The molecule has 4 aromatic rings. The number of ketones is 3. The molecular weight excluding hydrogens is 1230 g/mol. The number of alkyl carbamates (subject to hydrolysis) is 1. The molecule has 1 heterocycles. The quantitative estimate of drug-likeness (QED) is 0.0263. The van der Waals surface area contributed by atoms with Gasteiger partial charge in [0, 0.05) is 90.0 Å².